The molecule has 0 saturated heterocycles. The van der Waals surface area contributed by atoms with Gasteiger partial charge < -0.3 is 5.32 Å². The number of amides is 1. The number of aromatic nitrogens is 2. The number of aryl methyl sites for hydroxylation is 2. The molecule has 0 bridgehead atoms. The summed E-state index contributed by atoms with van der Waals surface area (Å²) in [4.78, 5) is 12.4. The standard InChI is InChI=1S/C19H18Cl2N4O3S/c1-12-3-4-14(7-18(12)21)24-29(27,28)15-5-6-17(20)16(8-15)19(26)22-9-13-10-23-25(2)11-13/h3-8,10-11,24H,9H2,1-2H3,(H,22,26). The van der Waals surface area contributed by atoms with Crippen molar-refractivity contribution in [1.29, 1.82) is 0 Å². The summed E-state index contributed by atoms with van der Waals surface area (Å²) >= 11 is 12.2. The Morgan fingerprint density at radius 1 is 1.14 bits per heavy atom. The van der Waals surface area contributed by atoms with Gasteiger partial charge in [0.2, 0.25) is 0 Å². The number of rotatable bonds is 6. The van der Waals surface area contributed by atoms with Gasteiger partial charge in [-0.15, -0.1) is 0 Å². The summed E-state index contributed by atoms with van der Waals surface area (Å²) in [6.07, 6.45) is 3.39. The highest BCUT2D eigenvalue weighted by atomic mass is 35.5. The molecule has 0 aliphatic carbocycles. The van der Waals surface area contributed by atoms with Gasteiger partial charge in [-0.1, -0.05) is 29.3 Å². The summed E-state index contributed by atoms with van der Waals surface area (Å²) in [5.41, 5.74) is 2.01. The normalized spacial score (nSPS) is 11.3. The number of anilines is 1. The van der Waals surface area contributed by atoms with Crippen LogP contribution in [-0.2, 0) is 23.6 Å². The van der Waals surface area contributed by atoms with E-state index in [0.29, 0.717) is 10.7 Å². The second-order valence-corrected chi connectivity index (χ2v) is 8.91. The Labute approximate surface area is 178 Å². The lowest BCUT2D eigenvalue weighted by molar-refractivity contribution is 0.0951. The minimum absolute atomic E-state index is 0.0559. The Balaban J connectivity index is 1.81. The van der Waals surface area contributed by atoms with Crippen LogP contribution in [0.15, 0.2) is 53.7 Å². The molecule has 0 atom stereocenters. The Morgan fingerprint density at radius 2 is 1.90 bits per heavy atom. The van der Waals surface area contributed by atoms with E-state index in [4.69, 9.17) is 23.2 Å². The molecule has 3 rings (SSSR count). The molecule has 1 aromatic heterocycles. The molecule has 0 aliphatic heterocycles. The third-order valence-corrected chi connectivity index (χ3v) is 6.24. The average molecular weight is 453 g/mol. The van der Waals surface area contributed by atoms with Crippen LogP contribution in [0, 0.1) is 6.92 Å². The molecule has 2 aromatic carbocycles. The number of nitrogens with zero attached hydrogens (tertiary/aromatic N) is 2. The molecule has 152 valence electrons. The number of carbonyl (C=O) groups is 1. The first-order chi connectivity index (χ1) is 13.7. The molecule has 29 heavy (non-hydrogen) atoms. The third kappa shape index (κ3) is 5.09. The number of sulfonamides is 1. The van der Waals surface area contributed by atoms with Gasteiger partial charge in [0.1, 0.15) is 0 Å². The zero-order valence-electron chi connectivity index (χ0n) is 15.6. The van der Waals surface area contributed by atoms with Crippen molar-refractivity contribution in [1.82, 2.24) is 15.1 Å². The Bertz CT molecular complexity index is 1180. The molecular weight excluding hydrogens is 435 g/mol. The molecule has 3 aromatic rings. The smallest absolute Gasteiger partial charge is 0.261 e. The zero-order chi connectivity index (χ0) is 21.2. The number of benzene rings is 2. The Morgan fingerprint density at radius 3 is 2.55 bits per heavy atom. The van der Waals surface area contributed by atoms with E-state index in [1.165, 1.54) is 24.3 Å². The van der Waals surface area contributed by atoms with Crippen molar-refractivity contribution in [2.24, 2.45) is 7.05 Å². The monoisotopic (exact) mass is 452 g/mol. The SMILES string of the molecule is Cc1ccc(NS(=O)(=O)c2ccc(Cl)c(C(=O)NCc3cnn(C)c3)c2)cc1Cl. The van der Waals surface area contributed by atoms with Crippen LogP contribution in [0.5, 0.6) is 0 Å². The van der Waals surface area contributed by atoms with E-state index in [0.717, 1.165) is 11.1 Å². The van der Waals surface area contributed by atoms with Gasteiger partial charge in [0.25, 0.3) is 15.9 Å². The summed E-state index contributed by atoms with van der Waals surface area (Å²) in [7, 11) is -2.17. The van der Waals surface area contributed by atoms with Crippen LogP contribution in [0.4, 0.5) is 5.69 Å². The fourth-order valence-corrected chi connectivity index (χ4v) is 4.02. The van der Waals surface area contributed by atoms with Crippen molar-refractivity contribution in [3.63, 3.8) is 0 Å². The van der Waals surface area contributed by atoms with Crippen LogP contribution < -0.4 is 10.0 Å². The first-order valence-electron chi connectivity index (χ1n) is 8.50. The van der Waals surface area contributed by atoms with Gasteiger partial charge in [0.15, 0.2) is 0 Å². The molecule has 0 saturated carbocycles. The van der Waals surface area contributed by atoms with Crippen LogP contribution in [0.25, 0.3) is 0 Å². The van der Waals surface area contributed by atoms with Crippen LogP contribution in [0.3, 0.4) is 0 Å². The second kappa shape index (κ2) is 8.44. The topological polar surface area (TPSA) is 93.1 Å². The maximum Gasteiger partial charge on any atom is 0.261 e. The quantitative estimate of drug-likeness (QED) is 0.595. The van der Waals surface area contributed by atoms with E-state index in [-0.39, 0.29) is 22.0 Å². The van der Waals surface area contributed by atoms with Gasteiger partial charge in [0, 0.05) is 30.4 Å². The number of nitrogens with one attached hydrogen (secondary N) is 2. The van der Waals surface area contributed by atoms with E-state index in [2.05, 4.69) is 15.1 Å². The number of hydrogen-bond acceptors (Lipinski definition) is 4. The molecule has 1 amide bonds. The summed E-state index contributed by atoms with van der Waals surface area (Å²) in [6.45, 7) is 2.05. The zero-order valence-corrected chi connectivity index (χ0v) is 17.9. The Hall–Kier alpha value is -2.55. The fourth-order valence-electron chi connectivity index (χ4n) is 2.56. The second-order valence-electron chi connectivity index (χ2n) is 6.42. The molecule has 2 N–H and O–H groups in total. The van der Waals surface area contributed by atoms with Gasteiger partial charge in [-0.2, -0.15) is 5.10 Å². The molecule has 1 heterocycles. The predicted octanol–water partition coefficient (Wildman–Crippen LogP) is 3.77. The van der Waals surface area contributed by atoms with Gasteiger partial charge >= 0.3 is 0 Å². The van der Waals surface area contributed by atoms with Crippen LogP contribution in [0.1, 0.15) is 21.5 Å². The first kappa shape index (κ1) is 21.2. The predicted molar refractivity (Wildman–Crippen MR) is 113 cm³/mol. The first-order valence-corrected chi connectivity index (χ1v) is 10.7. The molecular formula is C19H18Cl2N4O3S. The van der Waals surface area contributed by atoms with E-state index >= 15 is 0 Å². The minimum Gasteiger partial charge on any atom is -0.348 e. The fraction of sp³-hybridized carbons (Fsp3) is 0.158. The highest BCUT2D eigenvalue weighted by Gasteiger charge is 2.19. The Kier molecular flexibility index (Phi) is 6.16. The summed E-state index contributed by atoms with van der Waals surface area (Å²) in [5, 5.41) is 7.31. The van der Waals surface area contributed by atoms with Gasteiger partial charge in [-0.3, -0.25) is 14.2 Å². The molecule has 7 nitrogen and oxygen atoms in total. The van der Waals surface area contributed by atoms with E-state index in [9.17, 15) is 13.2 Å². The van der Waals surface area contributed by atoms with Crippen LogP contribution in [-0.4, -0.2) is 24.1 Å². The molecule has 0 unspecified atom stereocenters. The van der Waals surface area contributed by atoms with Crippen LogP contribution >= 0.6 is 23.2 Å². The highest BCUT2D eigenvalue weighted by molar-refractivity contribution is 7.92. The van der Waals surface area contributed by atoms with Gasteiger partial charge in [-0.05, 0) is 42.8 Å². The molecule has 0 radical (unpaired) electrons. The van der Waals surface area contributed by atoms with Crippen molar-refractivity contribution in [2.45, 2.75) is 18.4 Å². The van der Waals surface area contributed by atoms with E-state index in [1.54, 1.807) is 36.3 Å². The highest BCUT2D eigenvalue weighted by Crippen LogP contribution is 2.25. The molecule has 0 spiro atoms. The van der Waals surface area contributed by atoms with Crippen LogP contribution in [0.2, 0.25) is 10.0 Å². The maximum atomic E-state index is 12.7. The van der Waals surface area contributed by atoms with Crippen molar-refractivity contribution in [3.05, 3.63) is 75.5 Å². The summed E-state index contributed by atoms with van der Waals surface area (Å²) < 4.78 is 29.5. The minimum atomic E-state index is -3.94. The van der Waals surface area contributed by atoms with Crippen molar-refractivity contribution in [3.8, 4) is 0 Å². The average Bonchev–Trinajstić information content (AvgIpc) is 3.08. The van der Waals surface area contributed by atoms with Crippen molar-refractivity contribution in [2.75, 3.05) is 4.72 Å². The van der Waals surface area contributed by atoms with Gasteiger partial charge in [0.05, 0.1) is 27.4 Å². The maximum absolute atomic E-state index is 12.7. The number of halogens is 2. The summed E-state index contributed by atoms with van der Waals surface area (Å²) in [6, 6.07) is 8.77. The molecule has 10 heteroatoms. The molecule has 0 fully saturated rings. The largest absolute Gasteiger partial charge is 0.348 e. The van der Waals surface area contributed by atoms with E-state index < -0.39 is 15.9 Å². The lowest BCUT2D eigenvalue weighted by atomic mass is 10.2. The summed E-state index contributed by atoms with van der Waals surface area (Å²) in [5.74, 6) is -0.491. The van der Waals surface area contributed by atoms with Crippen molar-refractivity contribution >= 4 is 44.8 Å². The number of carbonyl (C=O) groups excluding carboxylic acids is 1. The third-order valence-electron chi connectivity index (χ3n) is 4.13. The number of hydrogen-bond donors (Lipinski definition) is 2. The van der Waals surface area contributed by atoms with Crippen molar-refractivity contribution < 1.29 is 13.2 Å². The lowest BCUT2D eigenvalue weighted by Gasteiger charge is -2.11. The molecule has 0 aliphatic rings. The van der Waals surface area contributed by atoms with Gasteiger partial charge in [-0.25, -0.2) is 8.42 Å². The lowest BCUT2D eigenvalue weighted by Crippen LogP contribution is -2.23. The van der Waals surface area contributed by atoms with E-state index in [1.807, 2.05) is 6.92 Å².